The van der Waals surface area contributed by atoms with Crippen molar-refractivity contribution in [3.05, 3.63) is 0 Å². The maximum atomic E-state index is 9.99. The summed E-state index contributed by atoms with van der Waals surface area (Å²) in [7, 11) is -6.74. The quantitative estimate of drug-likeness (QED) is 0.524. The molecule has 0 N–H and O–H groups in total. The van der Waals surface area contributed by atoms with Crippen molar-refractivity contribution in [1.29, 1.82) is 5.26 Å². The molecule has 0 aliphatic heterocycles. The standard InChI is InChI=1S/C17H41NOSi4/c1-15(14-18)23(21(8,9)10,22(11,12)13)16(17(2,3)4)19-20(5,6)7/h15-16H,1-13H3. The third-order valence-corrected chi connectivity index (χ3v) is 47.0. The maximum absolute atomic E-state index is 9.99. The first kappa shape index (κ1) is 23.3. The van der Waals surface area contributed by atoms with E-state index >= 15 is 0 Å². The third-order valence-electron chi connectivity index (χ3n) is 5.03. The molecule has 0 aromatic rings. The number of nitriles is 1. The van der Waals surface area contributed by atoms with Gasteiger partial charge in [-0.2, -0.15) is 5.26 Å². The fourth-order valence-electron chi connectivity index (χ4n) is 4.85. The molecule has 0 saturated heterocycles. The minimum Gasteiger partial charge on any atom is -0.418 e. The first-order chi connectivity index (χ1) is 9.82. The summed E-state index contributed by atoms with van der Waals surface area (Å²) in [6.45, 7) is 31.2. The van der Waals surface area contributed by atoms with E-state index in [1.807, 2.05) is 0 Å². The molecule has 0 heterocycles. The highest BCUT2D eigenvalue weighted by atomic mass is 29.6. The molecule has 0 fully saturated rings. The minimum absolute atomic E-state index is 0.0954. The van der Waals surface area contributed by atoms with Crippen LogP contribution in [0.2, 0.25) is 64.5 Å². The number of hydrogen-bond acceptors (Lipinski definition) is 2. The molecule has 2 atom stereocenters. The van der Waals surface area contributed by atoms with Crippen LogP contribution in [-0.4, -0.2) is 36.3 Å². The monoisotopic (exact) mass is 387 g/mol. The van der Waals surface area contributed by atoms with Gasteiger partial charge in [-0.15, -0.1) is 0 Å². The third kappa shape index (κ3) is 4.91. The largest absolute Gasteiger partial charge is 0.418 e. The molecule has 0 aromatic carbocycles. The molecule has 2 nitrogen and oxygen atoms in total. The van der Waals surface area contributed by atoms with Crippen LogP contribution in [0, 0.1) is 16.7 Å². The van der Waals surface area contributed by atoms with Crippen LogP contribution in [0.1, 0.15) is 27.7 Å². The Morgan fingerprint density at radius 1 is 0.826 bits per heavy atom. The van der Waals surface area contributed by atoms with Crippen LogP contribution < -0.4 is 0 Å². The second-order valence-corrected chi connectivity index (χ2v) is 43.2. The van der Waals surface area contributed by atoms with Crippen molar-refractivity contribution in [2.24, 2.45) is 5.41 Å². The van der Waals surface area contributed by atoms with Crippen LogP contribution in [0.3, 0.4) is 0 Å². The first-order valence-corrected chi connectivity index (χ1v) is 23.5. The van der Waals surface area contributed by atoms with E-state index in [9.17, 15) is 5.26 Å². The summed E-state index contributed by atoms with van der Waals surface area (Å²) in [5.41, 5.74) is 0.550. The van der Waals surface area contributed by atoms with E-state index in [0.717, 1.165) is 0 Å². The van der Waals surface area contributed by atoms with Gasteiger partial charge in [0.25, 0.3) is 0 Å². The molecule has 0 amide bonds. The normalized spacial score (nSPS) is 17.6. The Morgan fingerprint density at radius 3 is 1.35 bits per heavy atom. The van der Waals surface area contributed by atoms with Gasteiger partial charge in [0.1, 0.15) is 0 Å². The molecule has 0 aliphatic rings. The Morgan fingerprint density at radius 2 is 1.17 bits per heavy atom. The highest BCUT2D eigenvalue weighted by Crippen LogP contribution is 2.47. The summed E-state index contributed by atoms with van der Waals surface area (Å²) in [4.78, 5) is 0. The van der Waals surface area contributed by atoms with Gasteiger partial charge in [-0.25, -0.2) is 0 Å². The van der Waals surface area contributed by atoms with Crippen LogP contribution in [0.15, 0.2) is 0 Å². The molecule has 0 aliphatic carbocycles. The molecule has 0 bridgehead atoms. The van der Waals surface area contributed by atoms with Gasteiger partial charge in [0.05, 0.1) is 13.2 Å². The van der Waals surface area contributed by atoms with E-state index in [-0.39, 0.29) is 16.7 Å². The van der Waals surface area contributed by atoms with E-state index in [2.05, 4.69) is 92.7 Å². The van der Waals surface area contributed by atoms with E-state index in [1.165, 1.54) is 0 Å². The topological polar surface area (TPSA) is 33.0 Å². The maximum Gasteiger partial charge on any atom is 0.183 e. The lowest BCUT2D eigenvalue weighted by Gasteiger charge is -2.60. The van der Waals surface area contributed by atoms with Crippen molar-refractivity contribution in [1.82, 2.24) is 0 Å². The summed E-state index contributed by atoms with van der Waals surface area (Å²) in [5.74, 6) is 0. The van der Waals surface area contributed by atoms with Gasteiger partial charge in [0.15, 0.2) is 8.32 Å². The lowest BCUT2D eigenvalue weighted by atomic mass is 9.98. The Labute approximate surface area is 149 Å². The first-order valence-electron chi connectivity index (χ1n) is 8.90. The molecule has 0 aromatic heterocycles. The van der Waals surface area contributed by atoms with E-state index in [4.69, 9.17) is 4.43 Å². The van der Waals surface area contributed by atoms with E-state index < -0.39 is 30.6 Å². The summed E-state index contributed by atoms with van der Waals surface area (Å²) >= 11 is 0. The lowest BCUT2D eigenvalue weighted by molar-refractivity contribution is 0.143. The molecule has 0 spiro atoms. The van der Waals surface area contributed by atoms with E-state index in [1.54, 1.807) is 0 Å². The summed E-state index contributed by atoms with van der Waals surface area (Å²) in [6.07, 6.45) is 0. The summed E-state index contributed by atoms with van der Waals surface area (Å²) in [6, 6.07) is 2.72. The predicted octanol–water partition coefficient (Wildman–Crippen LogP) is 5.99. The zero-order valence-electron chi connectivity index (χ0n) is 18.0. The summed E-state index contributed by atoms with van der Waals surface area (Å²) < 4.78 is 6.96. The van der Waals surface area contributed by atoms with Gasteiger partial charge in [-0.1, -0.05) is 67.0 Å². The van der Waals surface area contributed by atoms with Crippen molar-refractivity contribution >= 4 is 30.6 Å². The van der Waals surface area contributed by atoms with Gasteiger partial charge in [-0.05, 0) is 25.1 Å². The van der Waals surface area contributed by atoms with Gasteiger partial charge < -0.3 is 4.43 Å². The molecule has 0 saturated carbocycles. The highest BCUT2D eigenvalue weighted by Gasteiger charge is 2.65. The zero-order chi connectivity index (χ0) is 19.1. The van der Waals surface area contributed by atoms with Crippen LogP contribution in [0.4, 0.5) is 0 Å². The molecule has 0 rings (SSSR count). The SMILES string of the molecule is CC(C#N)[Si](C(O[Si](C)(C)C)C(C)(C)C)([Si](C)(C)C)[Si](C)(C)C. The van der Waals surface area contributed by atoms with Crippen molar-refractivity contribution < 1.29 is 4.43 Å². The molecular weight excluding hydrogens is 347 g/mol. The fourth-order valence-corrected chi connectivity index (χ4v) is 59.7. The number of hydrogen-bond donors (Lipinski definition) is 0. The van der Waals surface area contributed by atoms with Gasteiger partial charge >= 0.3 is 0 Å². The van der Waals surface area contributed by atoms with Gasteiger partial charge in [-0.3, -0.25) is 0 Å². The molecule has 0 radical (unpaired) electrons. The van der Waals surface area contributed by atoms with Crippen LogP contribution in [-0.2, 0) is 4.43 Å². The molecule has 23 heavy (non-hydrogen) atoms. The van der Waals surface area contributed by atoms with Gasteiger partial charge in [0, 0.05) is 26.5 Å². The lowest BCUT2D eigenvalue weighted by Crippen LogP contribution is -2.82. The van der Waals surface area contributed by atoms with Crippen molar-refractivity contribution in [2.75, 3.05) is 0 Å². The highest BCUT2D eigenvalue weighted by molar-refractivity contribution is 7.69. The van der Waals surface area contributed by atoms with Crippen LogP contribution >= 0.6 is 0 Å². The van der Waals surface area contributed by atoms with Gasteiger partial charge in [0.2, 0.25) is 0 Å². The molecule has 136 valence electrons. The molecular formula is C17H41NOSi4. The van der Waals surface area contributed by atoms with Crippen molar-refractivity contribution in [3.8, 4) is 6.07 Å². The Hall–Kier alpha value is 0.318. The number of nitrogens with zero attached hydrogens (tertiary/aromatic N) is 1. The minimum atomic E-state index is -1.95. The Bertz CT molecular complexity index is 430. The van der Waals surface area contributed by atoms with E-state index in [0.29, 0.717) is 0 Å². The second kappa shape index (κ2) is 6.91. The predicted molar refractivity (Wildman–Crippen MR) is 115 cm³/mol. The van der Waals surface area contributed by atoms with Crippen molar-refractivity contribution in [3.63, 3.8) is 0 Å². The molecule has 2 unspecified atom stereocenters. The summed E-state index contributed by atoms with van der Waals surface area (Å²) in [5, 5.41) is 9.99. The number of rotatable bonds is 6. The fraction of sp³-hybridized carbons (Fsp3) is 0.941. The second-order valence-electron chi connectivity index (χ2n) is 11.2. The molecule has 6 heteroatoms. The Balaban J connectivity index is 6.78. The smallest absolute Gasteiger partial charge is 0.183 e. The van der Waals surface area contributed by atoms with Crippen molar-refractivity contribution in [2.45, 2.75) is 97.9 Å². The van der Waals surface area contributed by atoms with Crippen LogP contribution in [0.25, 0.3) is 0 Å². The van der Waals surface area contributed by atoms with Crippen LogP contribution in [0.5, 0.6) is 0 Å². The average Bonchev–Trinajstić information content (AvgIpc) is 2.21. The average molecular weight is 388 g/mol. The Kier molecular flexibility index (Phi) is 7.00. The zero-order valence-corrected chi connectivity index (χ0v) is 22.0.